The van der Waals surface area contributed by atoms with Gasteiger partial charge in [-0.1, -0.05) is 36.4 Å². The Morgan fingerprint density at radius 2 is 1.76 bits per heavy atom. The minimum absolute atomic E-state index is 0.375. The van der Waals surface area contributed by atoms with Crippen LogP contribution >= 0.6 is 0 Å². The maximum absolute atomic E-state index is 5.50. The van der Waals surface area contributed by atoms with Crippen LogP contribution in [-0.4, -0.2) is 13.7 Å². The van der Waals surface area contributed by atoms with Crippen LogP contribution in [0.15, 0.2) is 48.5 Å². The number of hydrogen-bond acceptors (Lipinski definition) is 2. The van der Waals surface area contributed by atoms with Crippen LogP contribution < -0.4 is 10.1 Å². The van der Waals surface area contributed by atoms with Crippen molar-refractivity contribution in [2.45, 2.75) is 32.7 Å². The lowest BCUT2D eigenvalue weighted by atomic mass is 9.97. The second-order valence-electron chi connectivity index (χ2n) is 5.31. The SMILES string of the molecule is CCOc1ccc(C(CCc2ccccc2C)NC)cc1. The highest BCUT2D eigenvalue weighted by molar-refractivity contribution is 5.30. The van der Waals surface area contributed by atoms with Gasteiger partial charge in [-0.05, 0) is 62.6 Å². The lowest BCUT2D eigenvalue weighted by molar-refractivity contribution is 0.340. The zero-order chi connectivity index (χ0) is 15.1. The molecule has 2 heteroatoms. The van der Waals surface area contributed by atoms with Crippen LogP contribution in [0.25, 0.3) is 0 Å². The first kappa shape index (κ1) is 15.6. The molecule has 0 saturated heterocycles. The number of hydrogen-bond donors (Lipinski definition) is 1. The van der Waals surface area contributed by atoms with Gasteiger partial charge in [0.1, 0.15) is 5.75 Å². The quantitative estimate of drug-likeness (QED) is 0.818. The zero-order valence-corrected chi connectivity index (χ0v) is 13.2. The molecular formula is C19H25NO. The molecule has 0 saturated carbocycles. The zero-order valence-electron chi connectivity index (χ0n) is 13.2. The van der Waals surface area contributed by atoms with Gasteiger partial charge in [-0.15, -0.1) is 0 Å². The molecule has 0 aliphatic rings. The van der Waals surface area contributed by atoms with E-state index in [1.807, 2.05) is 14.0 Å². The summed E-state index contributed by atoms with van der Waals surface area (Å²) in [6.45, 7) is 4.90. The van der Waals surface area contributed by atoms with Crippen molar-refractivity contribution in [2.24, 2.45) is 0 Å². The summed E-state index contributed by atoms with van der Waals surface area (Å²) in [4.78, 5) is 0. The molecule has 2 nitrogen and oxygen atoms in total. The predicted octanol–water partition coefficient (Wildman–Crippen LogP) is 4.29. The number of benzene rings is 2. The molecule has 2 aromatic rings. The van der Waals surface area contributed by atoms with Gasteiger partial charge in [0, 0.05) is 6.04 Å². The van der Waals surface area contributed by atoms with E-state index in [-0.39, 0.29) is 0 Å². The van der Waals surface area contributed by atoms with Crippen molar-refractivity contribution in [3.05, 3.63) is 65.2 Å². The van der Waals surface area contributed by atoms with E-state index < -0.39 is 0 Å². The average molecular weight is 283 g/mol. The normalized spacial score (nSPS) is 12.1. The number of nitrogens with one attached hydrogen (secondary N) is 1. The maximum atomic E-state index is 5.50. The van der Waals surface area contributed by atoms with E-state index >= 15 is 0 Å². The summed E-state index contributed by atoms with van der Waals surface area (Å²) in [5.41, 5.74) is 4.12. The van der Waals surface area contributed by atoms with Gasteiger partial charge < -0.3 is 10.1 Å². The van der Waals surface area contributed by atoms with Crippen molar-refractivity contribution in [3.8, 4) is 5.75 Å². The van der Waals surface area contributed by atoms with Gasteiger partial charge in [0.25, 0.3) is 0 Å². The van der Waals surface area contributed by atoms with E-state index in [0.29, 0.717) is 12.6 Å². The van der Waals surface area contributed by atoms with Crippen LogP contribution in [-0.2, 0) is 6.42 Å². The summed E-state index contributed by atoms with van der Waals surface area (Å²) in [6, 6.07) is 17.4. The summed E-state index contributed by atoms with van der Waals surface area (Å²) in [6.07, 6.45) is 2.18. The summed E-state index contributed by atoms with van der Waals surface area (Å²) in [5, 5.41) is 3.42. The van der Waals surface area contributed by atoms with E-state index in [1.54, 1.807) is 0 Å². The number of rotatable bonds is 7. The molecule has 2 aromatic carbocycles. The largest absolute Gasteiger partial charge is 0.494 e. The second-order valence-corrected chi connectivity index (χ2v) is 5.31. The Hall–Kier alpha value is -1.80. The molecule has 0 bridgehead atoms. The maximum Gasteiger partial charge on any atom is 0.119 e. The standard InChI is InChI=1S/C19H25NO/c1-4-21-18-12-9-17(10-13-18)19(20-3)14-11-16-8-6-5-7-15(16)2/h5-10,12-13,19-20H,4,11,14H2,1-3H3. The first-order valence-corrected chi connectivity index (χ1v) is 7.69. The Labute approximate surface area is 128 Å². The van der Waals surface area contributed by atoms with E-state index in [2.05, 4.69) is 60.8 Å². The molecule has 21 heavy (non-hydrogen) atoms. The van der Waals surface area contributed by atoms with Gasteiger partial charge in [-0.25, -0.2) is 0 Å². The topological polar surface area (TPSA) is 21.3 Å². The summed E-state index contributed by atoms with van der Waals surface area (Å²) in [5.74, 6) is 0.940. The summed E-state index contributed by atoms with van der Waals surface area (Å²) in [7, 11) is 2.03. The molecule has 1 atom stereocenters. The molecule has 0 radical (unpaired) electrons. The van der Waals surface area contributed by atoms with Gasteiger partial charge in [-0.3, -0.25) is 0 Å². The molecule has 0 spiro atoms. The Morgan fingerprint density at radius 3 is 2.38 bits per heavy atom. The van der Waals surface area contributed by atoms with E-state index in [1.165, 1.54) is 16.7 Å². The smallest absolute Gasteiger partial charge is 0.119 e. The van der Waals surface area contributed by atoms with Crippen LogP contribution in [0, 0.1) is 6.92 Å². The van der Waals surface area contributed by atoms with Crippen LogP contribution in [0.3, 0.4) is 0 Å². The summed E-state index contributed by atoms with van der Waals surface area (Å²) < 4.78 is 5.50. The van der Waals surface area contributed by atoms with E-state index in [9.17, 15) is 0 Å². The van der Waals surface area contributed by atoms with E-state index in [0.717, 1.165) is 18.6 Å². The minimum atomic E-state index is 0.375. The Balaban J connectivity index is 2.01. The monoisotopic (exact) mass is 283 g/mol. The van der Waals surface area contributed by atoms with Gasteiger partial charge in [0.05, 0.1) is 6.61 Å². The van der Waals surface area contributed by atoms with Crippen molar-refractivity contribution in [1.29, 1.82) is 0 Å². The molecule has 0 aliphatic carbocycles. The highest BCUT2D eigenvalue weighted by Gasteiger charge is 2.10. The average Bonchev–Trinajstić information content (AvgIpc) is 2.51. The first-order valence-electron chi connectivity index (χ1n) is 7.69. The fourth-order valence-corrected chi connectivity index (χ4v) is 2.63. The predicted molar refractivity (Wildman–Crippen MR) is 88.9 cm³/mol. The Kier molecular flexibility index (Phi) is 5.82. The van der Waals surface area contributed by atoms with Gasteiger partial charge in [0.2, 0.25) is 0 Å². The molecule has 0 heterocycles. The molecule has 1 unspecified atom stereocenters. The van der Waals surface area contributed by atoms with Crippen LogP contribution in [0.4, 0.5) is 0 Å². The number of ether oxygens (including phenoxy) is 1. The molecule has 0 aromatic heterocycles. The molecule has 2 rings (SSSR count). The lowest BCUT2D eigenvalue weighted by Gasteiger charge is -2.18. The lowest BCUT2D eigenvalue weighted by Crippen LogP contribution is -2.17. The van der Waals surface area contributed by atoms with Crippen molar-refractivity contribution in [2.75, 3.05) is 13.7 Å². The fraction of sp³-hybridized carbons (Fsp3) is 0.368. The third-order valence-corrected chi connectivity index (χ3v) is 3.91. The molecular weight excluding hydrogens is 258 g/mol. The van der Waals surface area contributed by atoms with Gasteiger partial charge >= 0.3 is 0 Å². The van der Waals surface area contributed by atoms with Crippen LogP contribution in [0.2, 0.25) is 0 Å². The molecule has 0 aliphatic heterocycles. The Morgan fingerprint density at radius 1 is 1.05 bits per heavy atom. The third-order valence-electron chi connectivity index (χ3n) is 3.91. The highest BCUT2D eigenvalue weighted by Crippen LogP contribution is 2.22. The van der Waals surface area contributed by atoms with Crippen molar-refractivity contribution < 1.29 is 4.74 Å². The third kappa shape index (κ3) is 4.33. The fourth-order valence-electron chi connectivity index (χ4n) is 2.63. The van der Waals surface area contributed by atoms with Crippen LogP contribution in [0.1, 0.15) is 36.1 Å². The highest BCUT2D eigenvalue weighted by atomic mass is 16.5. The minimum Gasteiger partial charge on any atom is -0.494 e. The molecule has 0 amide bonds. The van der Waals surface area contributed by atoms with Crippen LogP contribution in [0.5, 0.6) is 5.75 Å². The van der Waals surface area contributed by atoms with E-state index in [4.69, 9.17) is 4.74 Å². The second kappa shape index (κ2) is 7.84. The molecule has 1 N–H and O–H groups in total. The molecule has 112 valence electrons. The van der Waals surface area contributed by atoms with Crippen molar-refractivity contribution in [3.63, 3.8) is 0 Å². The number of aryl methyl sites for hydroxylation is 2. The Bertz CT molecular complexity index is 548. The summed E-state index contributed by atoms with van der Waals surface area (Å²) >= 11 is 0. The van der Waals surface area contributed by atoms with Gasteiger partial charge in [-0.2, -0.15) is 0 Å². The van der Waals surface area contributed by atoms with Gasteiger partial charge in [0.15, 0.2) is 0 Å². The first-order chi connectivity index (χ1) is 10.2. The van der Waals surface area contributed by atoms with Crippen molar-refractivity contribution >= 4 is 0 Å². The molecule has 0 fully saturated rings. The van der Waals surface area contributed by atoms with Crippen molar-refractivity contribution in [1.82, 2.24) is 5.32 Å².